The zero-order valence-corrected chi connectivity index (χ0v) is 10.6. The molecule has 2 unspecified atom stereocenters. The van der Waals surface area contributed by atoms with E-state index in [0.717, 1.165) is 39.3 Å². The lowest BCUT2D eigenvalue weighted by atomic mass is 9.66. The van der Waals surface area contributed by atoms with E-state index in [9.17, 15) is 5.11 Å². The van der Waals surface area contributed by atoms with Gasteiger partial charge in [0, 0.05) is 50.6 Å². The average Bonchev–Trinajstić information content (AvgIpc) is 2.65. The van der Waals surface area contributed by atoms with Crippen molar-refractivity contribution in [1.82, 2.24) is 9.80 Å². The molecular weight excluding hydrogens is 224 g/mol. The van der Waals surface area contributed by atoms with Crippen molar-refractivity contribution in [1.29, 1.82) is 0 Å². The molecule has 1 aromatic rings. The van der Waals surface area contributed by atoms with E-state index in [-0.39, 0.29) is 11.5 Å². The first-order valence-electron chi connectivity index (χ1n) is 6.96. The molecule has 1 N–H and O–H groups in total. The fourth-order valence-electron chi connectivity index (χ4n) is 4.28. The quantitative estimate of drug-likeness (QED) is 0.781. The maximum absolute atomic E-state index is 10.8. The van der Waals surface area contributed by atoms with Gasteiger partial charge in [-0.1, -0.05) is 30.3 Å². The predicted octanol–water partition coefficient (Wildman–Crippen LogP) is 0.546. The smallest absolute Gasteiger partial charge is 0.0714 e. The number of piperidine rings is 2. The molecule has 0 saturated carbocycles. The van der Waals surface area contributed by atoms with E-state index >= 15 is 0 Å². The van der Waals surface area contributed by atoms with Crippen molar-refractivity contribution in [3.8, 4) is 0 Å². The molecule has 96 valence electrons. The molecule has 1 aromatic carbocycles. The largest absolute Gasteiger partial charge is 0.392 e. The van der Waals surface area contributed by atoms with Crippen molar-refractivity contribution in [2.45, 2.75) is 11.5 Å². The molecule has 0 amide bonds. The maximum Gasteiger partial charge on any atom is 0.0714 e. The first-order valence-corrected chi connectivity index (χ1v) is 6.96. The van der Waals surface area contributed by atoms with Crippen LogP contribution in [0.15, 0.2) is 30.3 Å². The van der Waals surface area contributed by atoms with Crippen molar-refractivity contribution in [3.05, 3.63) is 35.9 Å². The zero-order chi connectivity index (χ0) is 12.2. The van der Waals surface area contributed by atoms with Gasteiger partial charge in [0.25, 0.3) is 0 Å². The van der Waals surface area contributed by atoms with Crippen molar-refractivity contribution < 1.29 is 5.11 Å². The minimum absolute atomic E-state index is 0.0566. The Morgan fingerprint density at radius 2 is 1.61 bits per heavy atom. The van der Waals surface area contributed by atoms with Gasteiger partial charge in [0.1, 0.15) is 0 Å². The van der Waals surface area contributed by atoms with Gasteiger partial charge in [-0.3, -0.25) is 0 Å². The second-order valence-corrected chi connectivity index (χ2v) is 6.20. The van der Waals surface area contributed by atoms with E-state index < -0.39 is 0 Å². The van der Waals surface area contributed by atoms with Gasteiger partial charge in [-0.05, 0) is 5.56 Å². The lowest BCUT2D eigenvalue weighted by molar-refractivity contribution is -0.0737. The van der Waals surface area contributed by atoms with Crippen LogP contribution in [0, 0.1) is 5.92 Å². The second-order valence-electron chi connectivity index (χ2n) is 6.20. The van der Waals surface area contributed by atoms with E-state index in [1.807, 2.05) is 0 Å². The molecule has 4 fully saturated rings. The highest BCUT2D eigenvalue weighted by Crippen LogP contribution is 2.42. The molecular formula is C15H20N2O. The summed E-state index contributed by atoms with van der Waals surface area (Å²) in [5.74, 6) is 0.426. The number of aliphatic hydroxyl groups is 1. The molecule has 0 spiro atoms. The fraction of sp³-hybridized carbons (Fsp3) is 0.600. The summed E-state index contributed by atoms with van der Waals surface area (Å²) in [4.78, 5) is 5.11. The number of aliphatic hydroxyl groups excluding tert-OH is 1. The van der Waals surface area contributed by atoms with Crippen LogP contribution >= 0.6 is 0 Å². The molecule has 0 aliphatic carbocycles. The highest BCUT2D eigenvalue weighted by Gasteiger charge is 2.54. The summed E-state index contributed by atoms with van der Waals surface area (Å²) in [6, 6.07) is 10.6. The molecule has 3 heteroatoms. The van der Waals surface area contributed by atoms with Crippen LogP contribution in [0.5, 0.6) is 0 Å². The molecule has 3 nitrogen and oxygen atoms in total. The third kappa shape index (κ3) is 1.41. The van der Waals surface area contributed by atoms with Crippen LogP contribution in [0.4, 0.5) is 0 Å². The number of hydrogen-bond donors (Lipinski definition) is 1. The van der Waals surface area contributed by atoms with E-state index in [2.05, 4.69) is 40.1 Å². The first kappa shape index (κ1) is 11.0. The lowest BCUT2D eigenvalue weighted by Crippen LogP contribution is -2.65. The second kappa shape index (κ2) is 3.80. The summed E-state index contributed by atoms with van der Waals surface area (Å²) in [6.07, 6.45) is -0.175. The zero-order valence-electron chi connectivity index (χ0n) is 10.6. The number of fused-ring (bicyclic) bond motifs is 1. The molecule has 0 radical (unpaired) electrons. The lowest BCUT2D eigenvalue weighted by Gasteiger charge is -2.53. The number of nitrogens with zero attached hydrogens (tertiary/aromatic N) is 2. The maximum atomic E-state index is 10.8. The monoisotopic (exact) mass is 244 g/mol. The predicted molar refractivity (Wildman–Crippen MR) is 70.5 cm³/mol. The van der Waals surface area contributed by atoms with E-state index in [0.29, 0.717) is 5.92 Å². The Balaban J connectivity index is 1.83. The van der Waals surface area contributed by atoms with Gasteiger partial charge in [0.15, 0.2) is 0 Å². The normalized spacial score (nSPS) is 46.1. The van der Waals surface area contributed by atoms with Gasteiger partial charge >= 0.3 is 0 Å². The highest BCUT2D eigenvalue weighted by atomic mass is 16.3. The van der Waals surface area contributed by atoms with Crippen LogP contribution in [0.3, 0.4) is 0 Å². The van der Waals surface area contributed by atoms with Gasteiger partial charge in [-0.15, -0.1) is 0 Å². The molecule has 18 heavy (non-hydrogen) atoms. The minimum Gasteiger partial charge on any atom is -0.392 e. The van der Waals surface area contributed by atoms with Crippen LogP contribution in [0.25, 0.3) is 0 Å². The molecule has 4 aliphatic heterocycles. The van der Waals surface area contributed by atoms with E-state index in [1.165, 1.54) is 5.56 Å². The summed E-state index contributed by atoms with van der Waals surface area (Å²) in [5, 5.41) is 10.8. The Morgan fingerprint density at radius 3 is 2.22 bits per heavy atom. The third-order valence-corrected chi connectivity index (χ3v) is 5.09. The van der Waals surface area contributed by atoms with Crippen molar-refractivity contribution >= 4 is 0 Å². The SMILES string of the molecule is O[C@@H]1C2CN3CCN(C2)CC1(c1ccccc1)C3. The van der Waals surface area contributed by atoms with Gasteiger partial charge in [-0.25, -0.2) is 0 Å². The Kier molecular flexibility index (Phi) is 2.31. The fourth-order valence-corrected chi connectivity index (χ4v) is 4.28. The Morgan fingerprint density at radius 1 is 1.00 bits per heavy atom. The van der Waals surface area contributed by atoms with Gasteiger partial charge in [0.2, 0.25) is 0 Å². The Hall–Kier alpha value is -0.900. The van der Waals surface area contributed by atoms with Crippen LogP contribution in [-0.2, 0) is 5.41 Å². The van der Waals surface area contributed by atoms with Crippen molar-refractivity contribution in [2.24, 2.45) is 5.92 Å². The summed E-state index contributed by atoms with van der Waals surface area (Å²) in [5.41, 5.74) is 1.26. The summed E-state index contributed by atoms with van der Waals surface area (Å²) in [7, 11) is 0. The van der Waals surface area contributed by atoms with E-state index in [1.54, 1.807) is 0 Å². The minimum atomic E-state index is -0.175. The van der Waals surface area contributed by atoms with Gasteiger partial charge < -0.3 is 14.9 Å². The molecule has 0 aromatic heterocycles. The number of hydrogen-bond acceptors (Lipinski definition) is 3. The van der Waals surface area contributed by atoms with Crippen LogP contribution in [0.2, 0.25) is 0 Å². The summed E-state index contributed by atoms with van der Waals surface area (Å²) in [6.45, 7) is 6.52. The van der Waals surface area contributed by atoms with Crippen molar-refractivity contribution in [2.75, 3.05) is 39.3 Å². The van der Waals surface area contributed by atoms with Crippen molar-refractivity contribution in [3.63, 3.8) is 0 Å². The molecule has 4 bridgehead atoms. The first-order chi connectivity index (χ1) is 8.78. The molecule has 4 saturated heterocycles. The van der Waals surface area contributed by atoms with Crippen LogP contribution in [-0.4, -0.2) is 60.3 Å². The molecule has 4 aliphatic rings. The topological polar surface area (TPSA) is 26.7 Å². The van der Waals surface area contributed by atoms with Gasteiger partial charge in [-0.2, -0.15) is 0 Å². The standard InChI is InChI=1S/C15H20N2O/c18-14-12-8-16-6-7-17(9-12)11-15(14,10-16)13-4-2-1-3-5-13/h1-5,12,14,18H,6-11H2/t12?,14-,15?/m1/s1. The van der Waals surface area contributed by atoms with Crippen LogP contribution in [0.1, 0.15) is 5.56 Å². The van der Waals surface area contributed by atoms with E-state index in [4.69, 9.17) is 0 Å². The summed E-state index contributed by atoms with van der Waals surface area (Å²) >= 11 is 0. The third-order valence-electron chi connectivity index (χ3n) is 5.09. The molecule has 3 atom stereocenters. The number of benzene rings is 1. The number of rotatable bonds is 1. The Bertz CT molecular complexity index is 431. The van der Waals surface area contributed by atoms with Gasteiger partial charge in [0.05, 0.1) is 6.10 Å². The molecule has 4 heterocycles. The van der Waals surface area contributed by atoms with Crippen LogP contribution < -0.4 is 0 Å². The highest BCUT2D eigenvalue weighted by molar-refractivity contribution is 5.32. The Labute approximate surface area is 108 Å². The summed E-state index contributed by atoms with van der Waals surface area (Å²) < 4.78 is 0. The molecule has 5 rings (SSSR count). The average molecular weight is 244 g/mol.